The number of benzene rings is 1. The van der Waals surface area contributed by atoms with Crippen LogP contribution in [0.3, 0.4) is 0 Å². The second-order valence-electron chi connectivity index (χ2n) is 4.06. The van der Waals surface area contributed by atoms with Crippen LogP contribution in [0.1, 0.15) is 16.1 Å². The number of urea groups is 1. The summed E-state index contributed by atoms with van der Waals surface area (Å²) in [5, 5.41) is 5.76. The molecular formula is C13H14FN3OS. The van der Waals surface area contributed by atoms with Crippen LogP contribution in [0.25, 0.3) is 0 Å². The quantitative estimate of drug-likeness (QED) is 0.906. The number of carbonyl (C=O) groups is 1. The summed E-state index contributed by atoms with van der Waals surface area (Å²) in [4.78, 5) is 16.9. The lowest BCUT2D eigenvalue weighted by Gasteiger charge is -2.06. The first-order valence-electron chi connectivity index (χ1n) is 5.78. The van der Waals surface area contributed by atoms with Crippen molar-refractivity contribution in [2.45, 2.75) is 20.4 Å². The molecule has 0 unspecified atom stereocenters. The van der Waals surface area contributed by atoms with E-state index in [4.69, 9.17) is 0 Å². The molecule has 6 heteroatoms. The van der Waals surface area contributed by atoms with E-state index < -0.39 is 6.03 Å². The van der Waals surface area contributed by atoms with Gasteiger partial charge in [-0.05, 0) is 19.9 Å². The lowest BCUT2D eigenvalue weighted by Crippen LogP contribution is -2.28. The normalized spacial score (nSPS) is 10.3. The molecule has 4 nitrogen and oxygen atoms in total. The predicted molar refractivity (Wildman–Crippen MR) is 73.8 cm³/mol. The van der Waals surface area contributed by atoms with Crippen molar-refractivity contribution in [3.63, 3.8) is 0 Å². The van der Waals surface area contributed by atoms with Gasteiger partial charge in [-0.1, -0.05) is 18.2 Å². The first-order valence-corrected chi connectivity index (χ1v) is 6.60. The Hall–Kier alpha value is -1.95. The van der Waals surface area contributed by atoms with Gasteiger partial charge in [0, 0.05) is 17.0 Å². The first-order chi connectivity index (χ1) is 9.06. The molecule has 0 aliphatic carbocycles. The Bertz CT molecular complexity index is 578. The second kappa shape index (κ2) is 5.79. The minimum atomic E-state index is -0.392. The number of amides is 2. The van der Waals surface area contributed by atoms with Gasteiger partial charge in [-0.2, -0.15) is 0 Å². The molecular weight excluding hydrogens is 265 g/mol. The van der Waals surface area contributed by atoms with Crippen LogP contribution in [-0.2, 0) is 6.54 Å². The van der Waals surface area contributed by atoms with Crippen molar-refractivity contribution in [1.29, 1.82) is 0 Å². The number of carbonyl (C=O) groups excluding carboxylic acids is 1. The second-order valence-corrected chi connectivity index (χ2v) is 5.26. The van der Waals surface area contributed by atoms with Crippen LogP contribution < -0.4 is 10.6 Å². The van der Waals surface area contributed by atoms with Gasteiger partial charge in [0.2, 0.25) is 0 Å². The summed E-state index contributed by atoms with van der Waals surface area (Å²) in [5.74, 6) is -0.330. The van der Waals surface area contributed by atoms with Crippen molar-refractivity contribution >= 4 is 22.5 Å². The molecule has 1 heterocycles. The van der Waals surface area contributed by atoms with Crippen LogP contribution in [0.5, 0.6) is 0 Å². The highest BCUT2D eigenvalue weighted by Crippen LogP contribution is 2.20. The number of nitrogens with one attached hydrogen (secondary N) is 2. The van der Waals surface area contributed by atoms with Crippen LogP contribution in [-0.4, -0.2) is 11.0 Å². The minimum absolute atomic E-state index is 0.141. The predicted octanol–water partition coefficient (Wildman–Crippen LogP) is 3.22. The number of aromatic nitrogens is 1. The summed E-state index contributed by atoms with van der Waals surface area (Å²) in [6.07, 6.45) is 0. The van der Waals surface area contributed by atoms with E-state index in [0.29, 0.717) is 10.7 Å². The molecule has 2 N–H and O–H groups in total. The zero-order valence-corrected chi connectivity index (χ0v) is 11.5. The van der Waals surface area contributed by atoms with Gasteiger partial charge in [0.1, 0.15) is 5.82 Å². The van der Waals surface area contributed by atoms with Crippen molar-refractivity contribution in [2.75, 3.05) is 5.32 Å². The van der Waals surface area contributed by atoms with Crippen molar-refractivity contribution in [3.05, 3.63) is 46.2 Å². The lowest BCUT2D eigenvalue weighted by molar-refractivity contribution is 0.251. The maximum Gasteiger partial charge on any atom is 0.321 e. The fourth-order valence-corrected chi connectivity index (χ4v) is 2.29. The van der Waals surface area contributed by atoms with E-state index in [-0.39, 0.29) is 12.4 Å². The average molecular weight is 279 g/mol. The van der Waals surface area contributed by atoms with Crippen molar-refractivity contribution < 1.29 is 9.18 Å². The fraction of sp³-hybridized carbons (Fsp3) is 0.231. The molecule has 0 aliphatic heterocycles. The molecule has 2 aromatic rings. The van der Waals surface area contributed by atoms with Gasteiger partial charge in [0.15, 0.2) is 5.13 Å². The monoisotopic (exact) mass is 279 g/mol. The average Bonchev–Trinajstić information content (AvgIpc) is 2.67. The maximum atomic E-state index is 13.3. The molecule has 19 heavy (non-hydrogen) atoms. The smallest absolute Gasteiger partial charge is 0.321 e. The van der Waals surface area contributed by atoms with Gasteiger partial charge >= 0.3 is 6.03 Å². The molecule has 1 aromatic carbocycles. The Morgan fingerprint density at radius 2 is 2.11 bits per heavy atom. The fourth-order valence-electron chi connectivity index (χ4n) is 1.48. The lowest BCUT2D eigenvalue weighted by atomic mass is 10.2. The molecule has 0 saturated heterocycles. The van der Waals surface area contributed by atoms with Crippen LogP contribution in [0.15, 0.2) is 24.3 Å². The van der Waals surface area contributed by atoms with Gasteiger partial charge in [-0.3, -0.25) is 5.32 Å². The van der Waals surface area contributed by atoms with Gasteiger partial charge in [-0.25, -0.2) is 14.2 Å². The summed E-state index contributed by atoms with van der Waals surface area (Å²) in [6, 6.07) is 5.94. The highest BCUT2D eigenvalue weighted by atomic mass is 32.1. The zero-order chi connectivity index (χ0) is 13.8. The van der Waals surface area contributed by atoms with E-state index in [2.05, 4.69) is 15.6 Å². The van der Waals surface area contributed by atoms with E-state index in [1.54, 1.807) is 18.2 Å². The van der Waals surface area contributed by atoms with Crippen molar-refractivity contribution in [1.82, 2.24) is 10.3 Å². The number of hydrogen-bond acceptors (Lipinski definition) is 3. The van der Waals surface area contributed by atoms with Crippen molar-refractivity contribution in [2.24, 2.45) is 0 Å². The third kappa shape index (κ3) is 3.51. The standard InChI is InChI=1S/C13H14FN3OS/c1-8-9(2)19-13(16-8)17-12(18)15-7-10-5-3-4-6-11(10)14/h3-6H,7H2,1-2H3,(H2,15,16,17,18). The number of anilines is 1. The van der Waals surface area contributed by atoms with Crippen LogP contribution in [0, 0.1) is 19.7 Å². The van der Waals surface area contributed by atoms with Gasteiger partial charge < -0.3 is 5.32 Å². The molecule has 0 bridgehead atoms. The Labute approximate surface area is 114 Å². The highest BCUT2D eigenvalue weighted by molar-refractivity contribution is 7.15. The third-order valence-corrected chi connectivity index (χ3v) is 3.63. The maximum absolute atomic E-state index is 13.3. The molecule has 0 saturated carbocycles. The molecule has 100 valence electrons. The molecule has 0 radical (unpaired) electrons. The van der Waals surface area contributed by atoms with Crippen LogP contribution in [0.2, 0.25) is 0 Å². The number of hydrogen-bond donors (Lipinski definition) is 2. The van der Waals surface area contributed by atoms with E-state index in [9.17, 15) is 9.18 Å². The van der Waals surface area contributed by atoms with E-state index in [0.717, 1.165) is 10.6 Å². The summed E-state index contributed by atoms with van der Waals surface area (Å²) >= 11 is 1.41. The van der Waals surface area contributed by atoms with E-state index in [1.165, 1.54) is 17.4 Å². The number of aryl methyl sites for hydroxylation is 2. The molecule has 2 rings (SSSR count). The minimum Gasteiger partial charge on any atom is -0.334 e. The largest absolute Gasteiger partial charge is 0.334 e. The Balaban J connectivity index is 1.90. The third-order valence-electron chi connectivity index (χ3n) is 2.65. The Morgan fingerprint density at radius 3 is 2.74 bits per heavy atom. The zero-order valence-electron chi connectivity index (χ0n) is 10.7. The van der Waals surface area contributed by atoms with Gasteiger partial charge in [0.05, 0.1) is 5.69 Å². The van der Waals surface area contributed by atoms with Gasteiger partial charge in [0.25, 0.3) is 0 Å². The Morgan fingerprint density at radius 1 is 1.37 bits per heavy atom. The highest BCUT2D eigenvalue weighted by Gasteiger charge is 2.08. The number of rotatable bonds is 3. The van der Waals surface area contributed by atoms with E-state index in [1.807, 2.05) is 13.8 Å². The molecule has 1 aromatic heterocycles. The molecule has 0 spiro atoms. The molecule has 2 amide bonds. The summed E-state index contributed by atoms with van der Waals surface area (Å²) in [6.45, 7) is 3.96. The van der Waals surface area contributed by atoms with Crippen LogP contribution in [0.4, 0.5) is 14.3 Å². The van der Waals surface area contributed by atoms with Crippen molar-refractivity contribution in [3.8, 4) is 0 Å². The van der Waals surface area contributed by atoms with Crippen LogP contribution >= 0.6 is 11.3 Å². The molecule has 0 atom stereocenters. The summed E-state index contributed by atoms with van der Waals surface area (Å²) in [5.41, 5.74) is 1.35. The number of thiazole rings is 1. The topological polar surface area (TPSA) is 54.0 Å². The Kier molecular flexibility index (Phi) is 4.11. The molecule has 0 fully saturated rings. The number of halogens is 1. The number of nitrogens with zero attached hydrogens (tertiary/aromatic N) is 1. The summed E-state index contributed by atoms with van der Waals surface area (Å²) in [7, 11) is 0. The van der Waals surface area contributed by atoms with Gasteiger partial charge in [-0.15, -0.1) is 11.3 Å². The summed E-state index contributed by atoms with van der Waals surface area (Å²) < 4.78 is 13.3. The molecule has 0 aliphatic rings. The van der Waals surface area contributed by atoms with E-state index >= 15 is 0 Å². The SMILES string of the molecule is Cc1nc(NC(=O)NCc2ccccc2F)sc1C. The first kappa shape index (κ1) is 13.5.